The maximum atomic E-state index is 13.2. The van der Waals surface area contributed by atoms with E-state index in [1.54, 1.807) is 12.0 Å². The third kappa shape index (κ3) is 4.06. The van der Waals surface area contributed by atoms with Gasteiger partial charge < -0.3 is 14.2 Å². The smallest absolute Gasteiger partial charge is 0.270 e. The number of rotatable bonds is 5. The summed E-state index contributed by atoms with van der Waals surface area (Å²) in [5.74, 6) is 0.727. The average Bonchev–Trinajstić information content (AvgIpc) is 3.22. The molecule has 1 amide bonds. The number of aryl methyl sites for hydroxylation is 1. The van der Waals surface area contributed by atoms with E-state index in [9.17, 15) is 4.79 Å². The predicted molar refractivity (Wildman–Crippen MR) is 138 cm³/mol. The summed E-state index contributed by atoms with van der Waals surface area (Å²) in [6, 6.07) is 17.9. The summed E-state index contributed by atoms with van der Waals surface area (Å²) in [6.45, 7) is 4.12. The van der Waals surface area contributed by atoms with Crippen molar-refractivity contribution in [3.63, 3.8) is 0 Å². The largest absolute Gasteiger partial charge is 0.497 e. The molecule has 1 aromatic heterocycles. The zero-order valence-electron chi connectivity index (χ0n) is 18.7. The van der Waals surface area contributed by atoms with Crippen LogP contribution in [0.4, 0.5) is 11.4 Å². The van der Waals surface area contributed by atoms with E-state index >= 15 is 0 Å². The lowest BCUT2D eigenvalue weighted by Gasteiger charge is -2.17. The fourth-order valence-electron chi connectivity index (χ4n) is 3.79. The highest BCUT2D eigenvalue weighted by Gasteiger charge is 2.33. The first-order valence-electron chi connectivity index (χ1n) is 10.2. The van der Waals surface area contributed by atoms with Crippen molar-refractivity contribution in [1.29, 1.82) is 0 Å². The molecule has 7 heteroatoms. The molecule has 0 N–H and O–H groups in total. The number of aromatic nitrogens is 1. The SMILES string of the molecule is COc1ccc(-n2c(C)cc(/C=C3\SC(=S)N(c4ccc(N(C)C)cc4)C3=O)c2C)cc1. The molecule has 0 saturated carbocycles. The fraction of sp³-hybridized carbons (Fsp3) is 0.200. The second kappa shape index (κ2) is 8.84. The Balaban J connectivity index is 1.64. The summed E-state index contributed by atoms with van der Waals surface area (Å²) in [5, 5.41) is 0. The molecule has 1 aliphatic rings. The van der Waals surface area contributed by atoms with Gasteiger partial charge in [0, 0.05) is 36.9 Å². The summed E-state index contributed by atoms with van der Waals surface area (Å²) in [5.41, 5.74) is 6.06. The second-order valence-electron chi connectivity index (χ2n) is 7.79. The predicted octanol–water partition coefficient (Wildman–Crippen LogP) is 5.57. The van der Waals surface area contributed by atoms with E-state index in [1.807, 2.05) is 73.6 Å². The van der Waals surface area contributed by atoms with Crippen LogP contribution in [0.5, 0.6) is 5.75 Å². The summed E-state index contributed by atoms with van der Waals surface area (Å²) < 4.78 is 7.98. The van der Waals surface area contributed by atoms with Crippen LogP contribution >= 0.6 is 24.0 Å². The van der Waals surface area contributed by atoms with Crippen LogP contribution in [-0.4, -0.2) is 36.0 Å². The third-order valence-electron chi connectivity index (χ3n) is 5.51. The van der Waals surface area contributed by atoms with Crippen LogP contribution in [0.2, 0.25) is 0 Å². The van der Waals surface area contributed by atoms with E-state index < -0.39 is 0 Å². The van der Waals surface area contributed by atoms with Gasteiger partial charge in [-0.05, 0) is 80.1 Å². The van der Waals surface area contributed by atoms with Gasteiger partial charge in [0.15, 0.2) is 4.32 Å². The molecular weight excluding hydrogens is 438 g/mol. The monoisotopic (exact) mass is 463 g/mol. The summed E-state index contributed by atoms with van der Waals surface area (Å²) in [4.78, 5) is 17.5. The highest BCUT2D eigenvalue weighted by atomic mass is 32.2. The topological polar surface area (TPSA) is 37.7 Å². The molecule has 1 aliphatic heterocycles. The van der Waals surface area contributed by atoms with Gasteiger partial charge in [-0.2, -0.15) is 0 Å². The van der Waals surface area contributed by atoms with E-state index in [-0.39, 0.29) is 5.91 Å². The van der Waals surface area contributed by atoms with Gasteiger partial charge in [-0.15, -0.1) is 0 Å². The van der Waals surface area contributed by atoms with Gasteiger partial charge in [0.25, 0.3) is 5.91 Å². The third-order valence-corrected chi connectivity index (χ3v) is 6.81. The molecule has 3 aromatic rings. The summed E-state index contributed by atoms with van der Waals surface area (Å²) >= 11 is 6.88. The van der Waals surface area contributed by atoms with Crippen LogP contribution in [0, 0.1) is 13.8 Å². The van der Waals surface area contributed by atoms with Crippen molar-refractivity contribution in [2.45, 2.75) is 13.8 Å². The van der Waals surface area contributed by atoms with E-state index in [0.29, 0.717) is 9.23 Å². The molecule has 0 radical (unpaired) electrons. The van der Waals surface area contributed by atoms with Gasteiger partial charge in [-0.1, -0.05) is 24.0 Å². The quantitative estimate of drug-likeness (QED) is 0.365. The summed E-state index contributed by atoms with van der Waals surface area (Å²) in [6.07, 6.45) is 1.94. The number of anilines is 2. The molecule has 32 heavy (non-hydrogen) atoms. The number of ether oxygens (including phenoxy) is 1. The molecule has 1 fully saturated rings. The first-order chi connectivity index (χ1) is 15.3. The van der Waals surface area contributed by atoms with Gasteiger partial charge in [0.05, 0.1) is 17.7 Å². The lowest BCUT2D eigenvalue weighted by atomic mass is 10.2. The molecular formula is C25H25N3O2S2. The molecule has 0 unspecified atom stereocenters. The minimum atomic E-state index is -0.0909. The Bertz CT molecular complexity index is 1210. The first kappa shape index (κ1) is 22.2. The van der Waals surface area contributed by atoms with Crippen molar-refractivity contribution >= 4 is 51.7 Å². The fourth-order valence-corrected chi connectivity index (χ4v) is 5.08. The van der Waals surface area contributed by atoms with Crippen LogP contribution in [0.3, 0.4) is 0 Å². The minimum absolute atomic E-state index is 0.0909. The molecule has 0 bridgehead atoms. The molecule has 0 spiro atoms. The first-order valence-corrected chi connectivity index (χ1v) is 11.4. The van der Waals surface area contributed by atoms with Crippen LogP contribution in [0.15, 0.2) is 59.5 Å². The molecule has 164 valence electrons. The number of thiocarbonyl (C=S) groups is 1. The Hall–Kier alpha value is -3.03. The Labute approximate surface area is 198 Å². The number of carbonyl (C=O) groups excluding carboxylic acids is 1. The molecule has 0 atom stereocenters. The number of methoxy groups -OCH3 is 1. The van der Waals surface area contributed by atoms with Crippen molar-refractivity contribution in [1.82, 2.24) is 4.57 Å². The van der Waals surface area contributed by atoms with Crippen LogP contribution < -0.4 is 14.5 Å². The van der Waals surface area contributed by atoms with Gasteiger partial charge in [-0.25, -0.2) is 0 Å². The minimum Gasteiger partial charge on any atom is -0.497 e. The number of carbonyl (C=O) groups is 1. The van der Waals surface area contributed by atoms with E-state index in [4.69, 9.17) is 17.0 Å². The Morgan fingerprint density at radius 2 is 1.62 bits per heavy atom. The van der Waals surface area contributed by atoms with Gasteiger partial charge in [0.2, 0.25) is 0 Å². The number of hydrogen-bond acceptors (Lipinski definition) is 5. The van der Waals surface area contributed by atoms with Crippen molar-refractivity contribution in [3.05, 3.63) is 76.5 Å². The van der Waals surface area contributed by atoms with Crippen LogP contribution in [0.1, 0.15) is 17.0 Å². The van der Waals surface area contributed by atoms with Crippen LogP contribution in [-0.2, 0) is 4.79 Å². The number of benzene rings is 2. The maximum Gasteiger partial charge on any atom is 0.270 e. The zero-order chi connectivity index (χ0) is 23.0. The van der Waals surface area contributed by atoms with E-state index in [2.05, 4.69) is 24.5 Å². The normalized spacial score (nSPS) is 15.0. The Morgan fingerprint density at radius 1 is 1.00 bits per heavy atom. The molecule has 2 aromatic carbocycles. The van der Waals surface area contributed by atoms with Crippen molar-refractivity contribution < 1.29 is 9.53 Å². The van der Waals surface area contributed by atoms with Crippen molar-refractivity contribution in [2.24, 2.45) is 0 Å². The van der Waals surface area contributed by atoms with Gasteiger partial charge >= 0.3 is 0 Å². The van der Waals surface area contributed by atoms with Crippen molar-refractivity contribution in [2.75, 3.05) is 31.0 Å². The summed E-state index contributed by atoms with van der Waals surface area (Å²) in [7, 11) is 5.63. The molecule has 1 saturated heterocycles. The lowest BCUT2D eigenvalue weighted by molar-refractivity contribution is -0.113. The zero-order valence-corrected chi connectivity index (χ0v) is 20.4. The van der Waals surface area contributed by atoms with Gasteiger partial charge in [0.1, 0.15) is 5.75 Å². The van der Waals surface area contributed by atoms with Crippen LogP contribution in [0.25, 0.3) is 11.8 Å². The highest BCUT2D eigenvalue weighted by Crippen LogP contribution is 2.37. The standard InChI is InChI=1S/C25H25N3O2S2/c1-16-14-18(17(2)27(16)20-10-12-22(30-5)13-11-20)15-23-24(29)28(25(31)32-23)21-8-6-19(7-9-21)26(3)4/h6-15H,1-5H3/b23-15-. The Kier molecular flexibility index (Phi) is 6.13. The lowest BCUT2D eigenvalue weighted by Crippen LogP contribution is -2.27. The van der Waals surface area contributed by atoms with Gasteiger partial charge in [-0.3, -0.25) is 9.69 Å². The maximum absolute atomic E-state index is 13.2. The number of nitrogens with zero attached hydrogens (tertiary/aromatic N) is 3. The number of hydrogen-bond donors (Lipinski definition) is 0. The number of thioether (sulfide) groups is 1. The van der Waals surface area contributed by atoms with Crippen molar-refractivity contribution in [3.8, 4) is 11.4 Å². The molecule has 0 aliphatic carbocycles. The van der Waals surface area contributed by atoms with E-state index in [1.165, 1.54) is 11.8 Å². The molecule has 4 rings (SSSR count). The average molecular weight is 464 g/mol. The Morgan fingerprint density at radius 3 is 2.22 bits per heavy atom. The molecule has 5 nitrogen and oxygen atoms in total. The highest BCUT2D eigenvalue weighted by molar-refractivity contribution is 8.27. The second-order valence-corrected chi connectivity index (χ2v) is 9.46. The van der Waals surface area contributed by atoms with E-state index in [0.717, 1.165) is 39.8 Å². The number of amides is 1. The molecule has 2 heterocycles.